The molecule has 0 bridgehead atoms. The van der Waals surface area contributed by atoms with E-state index in [9.17, 15) is 4.79 Å². The van der Waals surface area contributed by atoms with E-state index >= 15 is 0 Å². The van der Waals surface area contributed by atoms with Gasteiger partial charge in [-0.1, -0.05) is 29.8 Å². The van der Waals surface area contributed by atoms with Crippen LogP contribution in [0.3, 0.4) is 0 Å². The predicted molar refractivity (Wildman–Crippen MR) is 71.3 cm³/mol. The van der Waals surface area contributed by atoms with Gasteiger partial charge in [-0.15, -0.1) is 0 Å². The topological polar surface area (TPSA) is 20.3 Å². The van der Waals surface area contributed by atoms with E-state index < -0.39 is 0 Å². The second-order valence-corrected chi connectivity index (χ2v) is 5.06. The normalized spacial score (nSPS) is 12.8. The summed E-state index contributed by atoms with van der Waals surface area (Å²) in [5, 5.41) is 0.649. The van der Waals surface area contributed by atoms with Crippen molar-refractivity contribution in [2.24, 2.45) is 0 Å². The van der Waals surface area contributed by atoms with Crippen LogP contribution in [0.1, 0.15) is 11.6 Å². The lowest BCUT2D eigenvalue weighted by molar-refractivity contribution is -0.121. The third-order valence-electron chi connectivity index (χ3n) is 2.31. The predicted octanol–water partition coefficient (Wildman–Crippen LogP) is 2.87. The maximum atomic E-state index is 12.0. The number of hydrogen-bond acceptors (Lipinski definition) is 3. The molecular formula is C12H16ClNOS. The van der Waals surface area contributed by atoms with Crippen LogP contribution < -0.4 is 0 Å². The van der Waals surface area contributed by atoms with Gasteiger partial charge in [0.2, 0.25) is 0 Å². The molecule has 0 heterocycles. The zero-order valence-corrected chi connectivity index (χ0v) is 11.3. The Hall–Kier alpha value is -0.510. The van der Waals surface area contributed by atoms with Crippen molar-refractivity contribution in [3.63, 3.8) is 0 Å². The van der Waals surface area contributed by atoms with Crippen LogP contribution in [0.25, 0.3) is 0 Å². The van der Waals surface area contributed by atoms with Gasteiger partial charge < -0.3 is 0 Å². The van der Waals surface area contributed by atoms with Crippen LogP contribution in [0.4, 0.5) is 0 Å². The molecule has 2 nitrogen and oxygen atoms in total. The molecule has 0 saturated heterocycles. The molecule has 1 atom stereocenters. The van der Waals surface area contributed by atoms with Gasteiger partial charge in [-0.3, -0.25) is 9.69 Å². The summed E-state index contributed by atoms with van der Waals surface area (Å²) in [4.78, 5) is 13.9. The summed E-state index contributed by atoms with van der Waals surface area (Å²) < 4.78 is 0. The van der Waals surface area contributed by atoms with Gasteiger partial charge in [0, 0.05) is 5.02 Å². The lowest BCUT2D eigenvalue weighted by Crippen LogP contribution is -2.29. The Morgan fingerprint density at radius 3 is 2.56 bits per heavy atom. The minimum absolute atomic E-state index is 0.186. The zero-order chi connectivity index (χ0) is 12.1. The molecule has 0 radical (unpaired) electrons. The molecule has 16 heavy (non-hydrogen) atoms. The maximum Gasteiger partial charge on any atom is 0.164 e. The first-order valence-electron chi connectivity index (χ1n) is 5.00. The molecule has 1 aromatic carbocycles. The van der Waals surface area contributed by atoms with Crippen LogP contribution in [0.5, 0.6) is 0 Å². The highest BCUT2D eigenvalue weighted by molar-refractivity contribution is 7.99. The zero-order valence-electron chi connectivity index (χ0n) is 9.74. The van der Waals surface area contributed by atoms with Gasteiger partial charge in [0.15, 0.2) is 5.78 Å². The van der Waals surface area contributed by atoms with E-state index in [1.165, 1.54) is 11.8 Å². The molecule has 1 rings (SSSR count). The van der Waals surface area contributed by atoms with Gasteiger partial charge in [0.1, 0.15) is 0 Å². The molecule has 0 aliphatic rings. The van der Waals surface area contributed by atoms with Crippen LogP contribution in [0, 0.1) is 0 Å². The Labute approximate surface area is 106 Å². The molecule has 0 saturated carbocycles. The van der Waals surface area contributed by atoms with Gasteiger partial charge in [0.05, 0.1) is 11.8 Å². The van der Waals surface area contributed by atoms with Crippen molar-refractivity contribution in [1.82, 2.24) is 4.90 Å². The first-order valence-corrected chi connectivity index (χ1v) is 6.77. The first kappa shape index (κ1) is 13.6. The van der Waals surface area contributed by atoms with E-state index in [2.05, 4.69) is 0 Å². The van der Waals surface area contributed by atoms with Crippen LogP contribution in [-0.2, 0) is 4.79 Å². The van der Waals surface area contributed by atoms with E-state index in [0.717, 1.165) is 5.56 Å². The minimum Gasteiger partial charge on any atom is -0.297 e. The molecule has 0 N–H and O–H groups in total. The summed E-state index contributed by atoms with van der Waals surface area (Å²) in [6.07, 6.45) is 1.93. The van der Waals surface area contributed by atoms with Gasteiger partial charge in [-0.25, -0.2) is 0 Å². The fourth-order valence-corrected chi connectivity index (χ4v) is 2.34. The van der Waals surface area contributed by atoms with Crippen molar-refractivity contribution in [2.45, 2.75) is 6.04 Å². The number of benzene rings is 1. The number of rotatable bonds is 5. The fraction of sp³-hybridized carbons (Fsp3) is 0.417. The Morgan fingerprint density at radius 2 is 2.06 bits per heavy atom. The standard InChI is InChI=1S/C12H16ClNOS/c1-14(2)12(11(15)8-16-3)9-6-4-5-7-10(9)13/h4-7,12H,8H2,1-3H3/t12-/m1/s1. The third-order valence-corrected chi connectivity index (χ3v) is 3.23. The second-order valence-electron chi connectivity index (χ2n) is 3.79. The molecule has 0 aromatic heterocycles. The van der Waals surface area contributed by atoms with Crippen molar-refractivity contribution >= 4 is 29.1 Å². The second kappa shape index (κ2) is 6.28. The molecule has 0 aliphatic carbocycles. The monoisotopic (exact) mass is 257 g/mol. The number of Topliss-reactive ketones (excluding diaryl/α,β-unsaturated/α-hetero) is 1. The Morgan fingerprint density at radius 1 is 1.44 bits per heavy atom. The number of carbonyl (C=O) groups excluding carboxylic acids is 1. The Balaban J connectivity index is 3.03. The minimum atomic E-state index is -0.249. The highest BCUT2D eigenvalue weighted by atomic mass is 35.5. The van der Waals surface area contributed by atoms with E-state index in [4.69, 9.17) is 11.6 Å². The van der Waals surface area contributed by atoms with Gasteiger partial charge in [-0.05, 0) is 32.0 Å². The van der Waals surface area contributed by atoms with Gasteiger partial charge >= 0.3 is 0 Å². The lowest BCUT2D eigenvalue weighted by Gasteiger charge is -2.24. The number of ketones is 1. The molecule has 88 valence electrons. The van der Waals surface area contributed by atoms with Crippen LogP contribution in [-0.4, -0.2) is 36.8 Å². The average Bonchev–Trinajstić information content (AvgIpc) is 2.21. The summed E-state index contributed by atoms with van der Waals surface area (Å²) >= 11 is 7.66. The maximum absolute atomic E-state index is 12.0. The number of thioether (sulfide) groups is 1. The summed E-state index contributed by atoms with van der Waals surface area (Å²) in [5.41, 5.74) is 0.883. The highest BCUT2D eigenvalue weighted by Gasteiger charge is 2.23. The molecular weight excluding hydrogens is 242 g/mol. The van der Waals surface area contributed by atoms with Crippen molar-refractivity contribution in [2.75, 3.05) is 26.1 Å². The molecule has 0 aliphatic heterocycles. The average molecular weight is 258 g/mol. The molecule has 0 amide bonds. The van der Waals surface area contributed by atoms with E-state index in [1.807, 2.05) is 49.5 Å². The fourth-order valence-electron chi connectivity index (χ4n) is 1.66. The SMILES string of the molecule is CSCC(=O)[C@@H](c1ccccc1Cl)N(C)C. The van der Waals surface area contributed by atoms with E-state index in [-0.39, 0.29) is 11.8 Å². The van der Waals surface area contributed by atoms with Crippen LogP contribution in [0.2, 0.25) is 5.02 Å². The molecule has 0 spiro atoms. The first-order chi connectivity index (χ1) is 7.57. The molecule has 4 heteroatoms. The smallest absolute Gasteiger partial charge is 0.164 e. The van der Waals surface area contributed by atoms with Gasteiger partial charge in [0.25, 0.3) is 0 Å². The molecule has 1 aromatic rings. The Kier molecular flexibility index (Phi) is 5.32. The molecule has 0 unspecified atom stereocenters. The quantitative estimate of drug-likeness (QED) is 0.809. The highest BCUT2D eigenvalue weighted by Crippen LogP contribution is 2.27. The number of nitrogens with zero attached hydrogens (tertiary/aromatic N) is 1. The van der Waals surface area contributed by atoms with Crippen molar-refractivity contribution in [1.29, 1.82) is 0 Å². The van der Waals surface area contributed by atoms with E-state index in [0.29, 0.717) is 10.8 Å². The number of likely N-dealkylation sites (N-methyl/N-ethyl adjacent to an activating group) is 1. The van der Waals surface area contributed by atoms with Crippen molar-refractivity contribution < 1.29 is 4.79 Å². The largest absolute Gasteiger partial charge is 0.297 e. The summed E-state index contributed by atoms with van der Waals surface area (Å²) in [5.74, 6) is 0.694. The van der Waals surface area contributed by atoms with Crippen molar-refractivity contribution in [3.05, 3.63) is 34.9 Å². The number of halogens is 1. The summed E-state index contributed by atoms with van der Waals surface area (Å²) in [6.45, 7) is 0. The number of hydrogen-bond donors (Lipinski definition) is 0. The summed E-state index contributed by atoms with van der Waals surface area (Å²) in [7, 11) is 3.79. The number of carbonyl (C=O) groups is 1. The van der Waals surface area contributed by atoms with Crippen LogP contribution in [0.15, 0.2) is 24.3 Å². The van der Waals surface area contributed by atoms with Crippen LogP contribution >= 0.6 is 23.4 Å². The van der Waals surface area contributed by atoms with Gasteiger partial charge in [-0.2, -0.15) is 11.8 Å². The van der Waals surface area contributed by atoms with E-state index in [1.54, 1.807) is 0 Å². The molecule has 0 fully saturated rings. The van der Waals surface area contributed by atoms with Crippen molar-refractivity contribution in [3.8, 4) is 0 Å². The third kappa shape index (κ3) is 3.24. The Bertz CT molecular complexity index is 368. The summed E-state index contributed by atoms with van der Waals surface area (Å²) in [6, 6.07) is 7.26. The lowest BCUT2D eigenvalue weighted by atomic mass is 10.0.